The van der Waals surface area contributed by atoms with Gasteiger partial charge in [0.15, 0.2) is 11.5 Å². The number of hydrogen-bond donors (Lipinski definition) is 1. The SMILES string of the molecule is COCCCOc1c(OC)cc(CNC2CC2)cc1OC. The van der Waals surface area contributed by atoms with Gasteiger partial charge in [-0.25, -0.2) is 0 Å². The number of ether oxygens (including phenoxy) is 4. The van der Waals surface area contributed by atoms with Crippen LogP contribution in [0.1, 0.15) is 24.8 Å². The molecule has 118 valence electrons. The summed E-state index contributed by atoms with van der Waals surface area (Å²) in [6.45, 7) is 2.07. The van der Waals surface area contributed by atoms with Gasteiger partial charge in [0.1, 0.15) is 0 Å². The molecule has 1 aromatic carbocycles. The van der Waals surface area contributed by atoms with Crippen molar-refractivity contribution in [1.82, 2.24) is 5.32 Å². The molecule has 0 atom stereocenters. The Bertz CT molecular complexity index is 421. The molecular weight excluding hydrogens is 270 g/mol. The van der Waals surface area contributed by atoms with Gasteiger partial charge in [0, 0.05) is 32.7 Å². The Kier molecular flexibility index (Phi) is 6.14. The second-order valence-electron chi connectivity index (χ2n) is 5.18. The van der Waals surface area contributed by atoms with Gasteiger partial charge >= 0.3 is 0 Å². The van der Waals surface area contributed by atoms with Gasteiger partial charge in [0.25, 0.3) is 0 Å². The van der Waals surface area contributed by atoms with Crippen molar-refractivity contribution in [3.05, 3.63) is 17.7 Å². The van der Waals surface area contributed by atoms with Crippen molar-refractivity contribution in [2.45, 2.75) is 31.8 Å². The van der Waals surface area contributed by atoms with E-state index in [-0.39, 0.29) is 0 Å². The molecule has 0 heterocycles. The average molecular weight is 295 g/mol. The fourth-order valence-electron chi connectivity index (χ4n) is 2.11. The van der Waals surface area contributed by atoms with E-state index in [1.807, 2.05) is 12.1 Å². The normalized spacial score (nSPS) is 14.0. The van der Waals surface area contributed by atoms with E-state index >= 15 is 0 Å². The number of rotatable bonds is 10. The third-order valence-corrected chi connectivity index (χ3v) is 3.43. The second-order valence-corrected chi connectivity index (χ2v) is 5.18. The third kappa shape index (κ3) is 4.79. The molecule has 1 fully saturated rings. The zero-order chi connectivity index (χ0) is 15.1. The van der Waals surface area contributed by atoms with Crippen LogP contribution in [-0.2, 0) is 11.3 Å². The van der Waals surface area contributed by atoms with Crippen molar-refractivity contribution in [2.24, 2.45) is 0 Å². The van der Waals surface area contributed by atoms with Crippen LogP contribution in [0, 0.1) is 0 Å². The zero-order valence-electron chi connectivity index (χ0n) is 13.1. The molecular formula is C16H25NO4. The minimum absolute atomic E-state index is 0.570. The maximum atomic E-state index is 5.79. The van der Waals surface area contributed by atoms with Crippen LogP contribution in [-0.4, -0.2) is 40.6 Å². The van der Waals surface area contributed by atoms with Crippen LogP contribution in [0.3, 0.4) is 0 Å². The molecule has 1 aliphatic carbocycles. The molecule has 1 aromatic rings. The molecule has 0 aliphatic heterocycles. The smallest absolute Gasteiger partial charge is 0.203 e. The first-order chi connectivity index (χ1) is 10.3. The Morgan fingerprint density at radius 3 is 2.24 bits per heavy atom. The lowest BCUT2D eigenvalue weighted by molar-refractivity contribution is 0.169. The average Bonchev–Trinajstić information content (AvgIpc) is 3.33. The van der Waals surface area contributed by atoms with Gasteiger partial charge in [-0.3, -0.25) is 0 Å². The monoisotopic (exact) mass is 295 g/mol. The Morgan fingerprint density at radius 1 is 1.05 bits per heavy atom. The fraction of sp³-hybridized carbons (Fsp3) is 0.625. The largest absolute Gasteiger partial charge is 0.493 e. The van der Waals surface area contributed by atoms with E-state index < -0.39 is 0 Å². The van der Waals surface area contributed by atoms with Crippen molar-refractivity contribution in [3.63, 3.8) is 0 Å². The lowest BCUT2D eigenvalue weighted by Crippen LogP contribution is -2.15. The molecule has 5 nitrogen and oxygen atoms in total. The summed E-state index contributed by atoms with van der Waals surface area (Å²) in [7, 11) is 4.98. The van der Waals surface area contributed by atoms with Crippen molar-refractivity contribution < 1.29 is 18.9 Å². The van der Waals surface area contributed by atoms with Gasteiger partial charge in [-0.15, -0.1) is 0 Å². The summed E-state index contributed by atoms with van der Waals surface area (Å²) in [6, 6.07) is 4.68. The topological polar surface area (TPSA) is 49.0 Å². The standard InChI is InChI=1S/C16H25NO4/c1-18-7-4-8-21-16-14(19-2)9-12(10-15(16)20-3)11-17-13-5-6-13/h9-10,13,17H,4-8,11H2,1-3H3. The molecule has 2 rings (SSSR count). The third-order valence-electron chi connectivity index (χ3n) is 3.43. The van der Waals surface area contributed by atoms with Crippen molar-refractivity contribution in [2.75, 3.05) is 34.5 Å². The highest BCUT2D eigenvalue weighted by Gasteiger charge is 2.21. The van der Waals surface area contributed by atoms with Gasteiger partial charge in [-0.1, -0.05) is 0 Å². The first-order valence-electron chi connectivity index (χ1n) is 7.38. The van der Waals surface area contributed by atoms with Crippen LogP contribution in [0.15, 0.2) is 12.1 Å². The summed E-state index contributed by atoms with van der Waals surface area (Å²) in [6.07, 6.45) is 3.37. The highest BCUT2D eigenvalue weighted by Crippen LogP contribution is 2.38. The van der Waals surface area contributed by atoms with E-state index in [2.05, 4.69) is 5.32 Å². The van der Waals surface area contributed by atoms with Gasteiger partial charge in [-0.2, -0.15) is 0 Å². The quantitative estimate of drug-likeness (QED) is 0.672. The lowest BCUT2D eigenvalue weighted by Gasteiger charge is -2.16. The highest BCUT2D eigenvalue weighted by atomic mass is 16.5. The van der Waals surface area contributed by atoms with E-state index in [0.29, 0.717) is 36.5 Å². The van der Waals surface area contributed by atoms with Crippen LogP contribution < -0.4 is 19.5 Å². The number of benzene rings is 1. The van der Waals surface area contributed by atoms with Crippen LogP contribution in [0.2, 0.25) is 0 Å². The second kappa shape index (κ2) is 8.10. The maximum Gasteiger partial charge on any atom is 0.203 e. The summed E-state index contributed by atoms with van der Waals surface area (Å²) in [5.41, 5.74) is 1.14. The molecule has 0 unspecified atom stereocenters. The van der Waals surface area contributed by atoms with Crippen molar-refractivity contribution in [1.29, 1.82) is 0 Å². The maximum absolute atomic E-state index is 5.79. The molecule has 0 amide bonds. The summed E-state index contributed by atoms with van der Waals surface area (Å²) in [5.74, 6) is 2.07. The van der Waals surface area contributed by atoms with E-state index in [9.17, 15) is 0 Å². The Hall–Kier alpha value is -1.46. The molecule has 21 heavy (non-hydrogen) atoms. The Balaban J connectivity index is 2.05. The van der Waals surface area contributed by atoms with Crippen molar-refractivity contribution in [3.8, 4) is 17.2 Å². The first-order valence-corrected chi connectivity index (χ1v) is 7.38. The molecule has 0 spiro atoms. The molecule has 0 aromatic heterocycles. The van der Waals surface area contributed by atoms with Crippen LogP contribution in [0.25, 0.3) is 0 Å². The van der Waals surface area contributed by atoms with E-state index in [1.54, 1.807) is 21.3 Å². The zero-order valence-corrected chi connectivity index (χ0v) is 13.1. The van der Waals surface area contributed by atoms with Crippen LogP contribution in [0.4, 0.5) is 0 Å². The summed E-state index contributed by atoms with van der Waals surface area (Å²) in [4.78, 5) is 0. The number of nitrogens with one attached hydrogen (secondary N) is 1. The molecule has 0 saturated heterocycles. The van der Waals surface area contributed by atoms with E-state index in [0.717, 1.165) is 18.5 Å². The molecule has 5 heteroatoms. The van der Waals surface area contributed by atoms with Crippen LogP contribution >= 0.6 is 0 Å². The van der Waals surface area contributed by atoms with Gasteiger partial charge in [0.2, 0.25) is 5.75 Å². The summed E-state index contributed by atoms with van der Waals surface area (Å²) < 4.78 is 21.7. The van der Waals surface area contributed by atoms with E-state index in [4.69, 9.17) is 18.9 Å². The number of hydrogen-bond acceptors (Lipinski definition) is 5. The first kappa shape index (κ1) is 15.9. The lowest BCUT2D eigenvalue weighted by atomic mass is 10.1. The fourth-order valence-corrected chi connectivity index (χ4v) is 2.11. The molecule has 1 aliphatic rings. The molecule has 1 saturated carbocycles. The summed E-state index contributed by atoms with van der Waals surface area (Å²) >= 11 is 0. The van der Waals surface area contributed by atoms with E-state index in [1.165, 1.54) is 12.8 Å². The van der Waals surface area contributed by atoms with Gasteiger partial charge in [-0.05, 0) is 30.5 Å². The predicted molar refractivity (Wildman–Crippen MR) is 81.4 cm³/mol. The number of methoxy groups -OCH3 is 3. The van der Waals surface area contributed by atoms with Crippen molar-refractivity contribution >= 4 is 0 Å². The highest BCUT2D eigenvalue weighted by molar-refractivity contribution is 5.53. The summed E-state index contributed by atoms with van der Waals surface area (Å²) in [5, 5.41) is 3.49. The minimum Gasteiger partial charge on any atom is -0.493 e. The molecule has 1 N–H and O–H groups in total. The molecule has 0 radical (unpaired) electrons. The Labute approximate surface area is 126 Å². The van der Waals surface area contributed by atoms with Gasteiger partial charge in [0.05, 0.1) is 20.8 Å². The predicted octanol–water partition coefficient (Wildman–Crippen LogP) is 2.37. The Morgan fingerprint density at radius 2 is 1.71 bits per heavy atom. The van der Waals surface area contributed by atoms with Crippen LogP contribution in [0.5, 0.6) is 17.2 Å². The minimum atomic E-state index is 0.570. The molecule has 0 bridgehead atoms. The van der Waals surface area contributed by atoms with Gasteiger partial charge < -0.3 is 24.3 Å².